The summed E-state index contributed by atoms with van der Waals surface area (Å²) >= 11 is 1.64. The summed E-state index contributed by atoms with van der Waals surface area (Å²) in [7, 11) is 0. The molecule has 1 aliphatic carbocycles. The second kappa shape index (κ2) is 8.99. The van der Waals surface area contributed by atoms with Crippen LogP contribution in [0.4, 0.5) is 0 Å². The van der Waals surface area contributed by atoms with Gasteiger partial charge in [0.1, 0.15) is 6.61 Å². The molecule has 3 aromatic rings. The van der Waals surface area contributed by atoms with Crippen molar-refractivity contribution in [2.24, 2.45) is 0 Å². The summed E-state index contributed by atoms with van der Waals surface area (Å²) in [6, 6.07) is 7.60. The Hall–Kier alpha value is -3.40. The third kappa shape index (κ3) is 4.38. The van der Waals surface area contributed by atoms with Gasteiger partial charge >= 0.3 is 0 Å². The van der Waals surface area contributed by atoms with Gasteiger partial charge in [-0.1, -0.05) is 12.1 Å². The number of nitrogens with zero attached hydrogens (tertiary/aromatic N) is 4. The summed E-state index contributed by atoms with van der Waals surface area (Å²) in [6.07, 6.45) is 2.74. The summed E-state index contributed by atoms with van der Waals surface area (Å²) in [4.78, 5) is 33.7. The molecule has 3 aliphatic rings. The molecule has 1 fully saturated rings. The second-order valence-electron chi connectivity index (χ2n) is 9.23. The van der Waals surface area contributed by atoms with Crippen molar-refractivity contribution in [2.45, 2.75) is 57.8 Å². The lowest BCUT2D eigenvalue weighted by Crippen LogP contribution is -2.48. The van der Waals surface area contributed by atoms with Crippen molar-refractivity contribution < 1.29 is 19.1 Å². The Morgan fingerprint density at radius 3 is 2.83 bits per heavy atom. The number of para-hydroxylation sites is 2. The molecule has 0 spiro atoms. The predicted octanol–water partition coefficient (Wildman–Crippen LogP) is 2.51. The van der Waals surface area contributed by atoms with Gasteiger partial charge < -0.3 is 19.7 Å². The maximum absolute atomic E-state index is 13.4. The SMILES string of the molecule is Cc1ncsc1CCn1nc(C(=O)NC2CC2)c2c1CCN(C(=O)[C@@H]1COc3ccccc3O1)C2. The highest BCUT2D eigenvalue weighted by Gasteiger charge is 2.36. The van der Waals surface area contributed by atoms with Crippen molar-refractivity contribution >= 4 is 23.2 Å². The summed E-state index contributed by atoms with van der Waals surface area (Å²) in [5, 5.41) is 7.79. The zero-order valence-corrected chi connectivity index (χ0v) is 20.3. The zero-order chi connectivity index (χ0) is 23.9. The minimum Gasteiger partial charge on any atom is -0.485 e. The zero-order valence-electron chi connectivity index (χ0n) is 19.5. The van der Waals surface area contributed by atoms with Crippen LogP contribution in [0.2, 0.25) is 0 Å². The van der Waals surface area contributed by atoms with Crippen LogP contribution in [0, 0.1) is 6.92 Å². The third-order valence-electron chi connectivity index (χ3n) is 6.75. The van der Waals surface area contributed by atoms with Gasteiger partial charge in [0.05, 0.1) is 11.2 Å². The first-order valence-corrected chi connectivity index (χ1v) is 12.9. The summed E-state index contributed by atoms with van der Waals surface area (Å²) in [6.45, 7) is 3.73. The number of aromatic nitrogens is 3. The Morgan fingerprint density at radius 1 is 1.23 bits per heavy atom. The van der Waals surface area contributed by atoms with Crippen molar-refractivity contribution in [1.29, 1.82) is 0 Å². The Labute approximate surface area is 207 Å². The minimum atomic E-state index is -0.709. The molecule has 2 aromatic heterocycles. The largest absolute Gasteiger partial charge is 0.485 e. The number of carbonyl (C=O) groups is 2. The fraction of sp³-hybridized carbons (Fsp3) is 0.440. The number of hydrogen-bond donors (Lipinski definition) is 1. The molecule has 35 heavy (non-hydrogen) atoms. The molecule has 10 heteroatoms. The van der Waals surface area contributed by atoms with Crippen LogP contribution in [0.15, 0.2) is 29.8 Å². The summed E-state index contributed by atoms with van der Waals surface area (Å²) in [5.74, 6) is 0.933. The van der Waals surface area contributed by atoms with Crippen LogP contribution in [-0.4, -0.2) is 56.8 Å². The number of ether oxygens (including phenoxy) is 2. The quantitative estimate of drug-likeness (QED) is 0.567. The van der Waals surface area contributed by atoms with Crippen molar-refractivity contribution in [2.75, 3.05) is 13.2 Å². The highest BCUT2D eigenvalue weighted by molar-refractivity contribution is 7.09. The molecule has 182 valence electrons. The van der Waals surface area contributed by atoms with Crippen LogP contribution in [0.25, 0.3) is 0 Å². The first kappa shape index (κ1) is 22.1. The number of aryl methyl sites for hydroxylation is 3. The van der Waals surface area contributed by atoms with Gasteiger partial charge in [0, 0.05) is 54.7 Å². The van der Waals surface area contributed by atoms with E-state index in [4.69, 9.17) is 14.6 Å². The maximum Gasteiger partial charge on any atom is 0.272 e. The molecule has 1 saturated carbocycles. The normalized spacial score (nSPS) is 18.8. The van der Waals surface area contributed by atoms with Crippen molar-refractivity contribution in [3.63, 3.8) is 0 Å². The first-order chi connectivity index (χ1) is 17.1. The molecule has 1 atom stereocenters. The van der Waals surface area contributed by atoms with Gasteiger partial charge in [-0.3, -0.25) is 14.3 Å². The lowest BCUT2D eigenvalue weighted by Gasteiger charge is -2.33. The van der Waals surface area contributed by atoms with Gasteiger partial charge in [0.25, 0.3) is 11.8 Å². The molecule has 9 nitrogen and oxygen atoms in total. The lowest BCUT2D eigenvalue weighted by molar-refractivity contribution is -0.142. The van der Waals surface area contributed by atoms with Crippen molar-refractivity contribution in [3.8, 4) is 11.5 Å². The van der Waals surface area contributed by atoms with E-state index in [2.05, 4.69) is 10.3 Å². The average molecular weight is 494 g/mol. The smallest absolute Gasteiger partial charge is 0.272 e. The van der Waals surface area contributed by atoms with Gasteiger partial charge in [0.15, 0.2) is 17.2 Å². The number of nitrogens with one attached hydrogen (secondary N) is 1. The Balaban J connectivity index is 1.22. The van der Waals surface area contributed by atoms with Gasteiger partial charge in [-0.05, 0) is 31.9 Å². The monoisotopic (exact) mass is 493 g/mol. The molecule has 6 rings (SSSR count). The van der Waals surface area contributed by atoms with Crippen LogP contribution < -0.4 is 14.8 Å². The van der Waals surface area contributed by atoms with Gasteiger partial charge in [-0.15, -0.1) is 11.3 Å². The number of carbonyl (C=O) groups excluding carboxylic acids is 2. The van der Waals surface area contributed by atoms with E-state index in [1.807, 2.05) is 35.3 Å². The summed E-state index contributed by atoms with van der Waals surface area (Å²) < 4.78 is 13.7. The summed E-state index contributed by atoms with van der Waals surface area (Å²) in [5.41, 5.74) is 5.19. The second-order valence-corrected chi connectivity index (χ2v) is 10.2. The molecule has 1 N–H and O–H groups in total. The molecule has 4 heterocycles. The number of amides is 2. The molecular formula is C25H27N5O4S. The number of hydrogen-bond acceptors (Lipinski definition) is 7. The molecule has 0 saturated heterocycles. The molecule has 2 amide bonds. The van der Waals surface area contributed by atoms with E-state index in [-0.39, 0.29) is 24.5 Å². The molecule has 1 aromatic carbocycles. The Morgan fingerprint density at radius 2 is 2.06 bits per heavy atom. The van der Waals surface area contributed by atoms with E-state index >= 15 is 0 Å². The van der Waals surface area contributed by atoms with Crippen molar-refractivity contribution in [3.05, 3.63) is 57.3 Å². The molecule has 0 unspecified atom stereocenters. The number of rotatable bonds is 6. The maximum atomic E-state index is 13.4. The van der Waals surface area contributed by atoms with Crippen LogP contribution in [0.1, 0.15) is 45.2 Å². The van der Waals surface area contributed by atoms with E-state index in [1.54, 1.807) is 22.3 Å². The minimum absolute atomic E-state index is 0.133. The van der Waals surface area contributed by atoms with Gasteiger partial charge in [0.2, 0.25) is 6.10 Å². The van der Waals surface area contributed by atoms with Crippen LogP contribution in [0.5, 0.6) is 11.5 Å². The molecular weight excluding hydrogens is 466 g/mol. The van der Waals surface area contributed by atoms with E-state index in [0.29, 0.717) is 43.2 Å². The Kier molecular flexibility index (Phi) is 5.68. The van der Waals surface area contributed by atoms with Gasteiger partial charge in [-0.2, -0.15) is 5.10 Å². The van der Waals surface area contributed by atoms with Gasteiger partial charge in [-0.25, -0.2) is 4.98 Å². The molecule has 2 aliphatic heterocycles. The fourth-order valence-corrected chi connectivity index (χ4v) is 5.42. The molecule has 0 radical (unpaired) electrons. The Bertz CT molecular complexity index is 1280. The van der Waals surface area contributed by atoms with Crippen LogP contribution in [0.3, 0.4) is 0 Å². The van der Waals surface area contributed by atoms with Crippen molar-refractivity contribution in [1.82, 2.24) is 25.0 Å². The molecule has 0 bridgehead atoms. The standard InChI is InChI=1S/C25H27N5O4S/c1-15-22(35-14-26-15)9-11-30-18-8-10-29(12-17(18)23(28-30)24(31)27-16-6-7-16)25(32)21-13-33-19-4-2-3-5-20(19)34-21/h2-5,14,16,21H,6-13H2,1H3,(H,27,31)/t21-/m0/s1. The highest BCUT2D eigenvalue weighted by Crippen LogP contribution is 2.32. The lowest BCUT2D eigenvalue weighted by atomic mass is 10.0. The fourth-order valence-electron chi connectivity index (χ4n) is 4.65. The van der Waals surface area contributed by atoms with E-state index in [0.717, 1.165) is 36.2 Å². The topological polar surface area (TPSA) is 98.6 Å². The van der Waals surface area contributed by atoms with Crippen LogP contribution >= 0.6 is 11.3 Å². The van der Waals surface area contributed by atoms with E-state index in [1.165, 1.54) is 4.88 Å². The third-order valence-corrected chi connectivity index (χ3v) is 7.75. The first-order valence-electron chi connectivity index (χ1n) is 12.0. The number of fused-ring (bicyclic) bond motifs is 2. The highest BCUT2D eigenvalue weighted by atomic mass is 32.1. The predicted molar refractivity (Wildman–Crippen MR) is 129 cm³/mol. The number of benzene rings is 1. The average Bonchev–Trinajstić information content (AvgIpc) is 3.48. The van der Waals surface area contributed by atoms with E-state index in [9.17, 15) is 9.59 Å². The van der Waals surface area contributed by atoms with E-state index < -0.39 is 6.10 Å². The van der Waals surface area contributed by atoms with Crippen LogP contribution in [-0.2, 0) is 30.7 Å². The number of thiazole rings is 1.